The molecule has 0 saturated heterocycles. The third-order valence-corrected chi connectivity index (χ3v) is 2.14. The van der Waals surface area contributed by atoms with E-state index in [1.807, 2.05) is 0 Å². The van der Waals surface area contributed by atoms with E-state index in [0.29, 0.717) is 0 Å². The largest absolute Gasteiger partial charge is 0.368 e. The Morgan fingerprint density at radius 1 is 0.647 bits per heavy atom. The van der Waals surface area contributed by atoms with Gasteiger partial charge in [0, 0.05) is 0 Å². The van der Waals surface area contributed by atoms with E-state index in [1.165, 1.54) is 38.5 Å². The van der Waals surface area contributed by atoms with Crippen molar-refractivity contribution in [2.45, 2.75) is 52.4 Å². The smallest absolute Gasteiger partial charge is 0.226 e. The van der Waals surface area contributed by atoms with Gasteiger partial charge in [-0.25, -0.2) is 0 Å². The average molecular weight is 240 g/mol. The standard InChI is InChI=1S/C8H18.C3H6N6/c1-3-5-7-8-6-4-2;4-1-7-2(5)9-3(6)8-1/h3-8H2,1-2H3;(H6,4,5,6,7,8,9). The molecule has 0 spiro atoms. The van der Waals surface area contributed by atoms with Crippen LogP contribution >= 0.6 is 0 Å². The highest BCUT2D eigenvalue weighted by atomic mass is 15.2. The van der Waals surface area contributed by atoms with Gasteiger partial charge in [-0.15, -0.1) is 0 Å². The maximum absolute atomic E-state index is 5.14. The van der Waals surface area contributed by atoms with Crippen LogP contribution in [0.3, 0.4) is 0 Å². The second-order valence-corrected chi connectivity index (χ2v) is 3.82. The minimum Gasteiger partial charge on any atom is -0.368 e. The van der Waals surface area contributed by atoms with Gasteiger partial charge in [0.05, 0.1) is 0 Å². The van der Waals surface area contributed by atoms with E-state index in [-0.39, 0.29) is 17.8 Å². The summed E-state index contributed by atoms with van der Waals surface area (Å²) in [6.45, 7) is 4.51. The minimum absolute atomic E-state index is 0.0417. The third-order valence-electron chi connectivity index (χ3n) is 2.14. The van der Waals surface area contributed by atoms with Crippen LogP contribution < -0.4 is 17.2 Å². The molecule has 6 N–H and O–H groups in total. The second-order valence-electron chi connectivity index (χ2n) is 3.82. The Bertz CT molecular complexity index is 246. The molecule has 0 aliphatic rings. The molecular weight excluding hydrogens is 216 g/mol. The van der Waals surface area contributed by atoms with Gasteiger partial charge in [-0.3, -0.25) is 0 Å². The maximum Gasteiger partial charge on any atom is 0.226 e. The van der Waals surface area contributed by atoms with Crippen LogP contribution in [0, 0.1) is 0 Å². The Kier molecular flexibility index (Phi) is 8.72. The van der Waals surface area contributed by atoms with Gasteiger partial charge >= 0.3 is 0 Å². The SMILES string of the molecule is CCCCCCCC.Nc1nc(N)nc(N)n1. The predicted molar refractivity (Wildman–Crippen MR) is 72.1 cm³/mol. The topological polar surface area (TPSA) is 117 Å². The molecule has 1 aromatic heterocycles. The zero-order valence-electron chi connectivity index (χ0n) is 10.8. The summed E-state index contributed by atoms with van der Waals surface area (Å²) in [6, 6.07) is 0. The summed E-state index contributed by atoms with van der Waals surface area (Å²) < 4.78 is 0. The summed E-state index contributed by atoms with van der Waals surface area (Å²) in [4.78, 5) is 10.5. The van der Waals surface area contributed by atoms with Crippen LogP contribution in [0.2, 0.25) is 0 Å². The van der Waals surface area contributed by atoms with Gasteiger partial charge in [0.2, 0.25) is 17.8 Å². The van der Waals surface area contributed by atoms with Crippen molar-refractivity contribution in [2.75, 3.05) is 17.2 Å². The normalized spacial score (nSPS) is 9.53. The van der Waals surface area contributed by atoms with E-state index in [9.17, 15) is 0 Å². The van der Waals surface area contributed by atoms with Gasteiger partial charge in [-0.05, 0) is 0 Å². The first kappa shape index (κ1) is 15.4. The van der Waals surface area contributed by atoms with Crippen LogP contribution in [-0.4, -0.2) is 15.0 Å². The first-order valence-corrected chi connectivity index (χ1v) is 6.12. The molecule has 1 aromatic rings. The molecule has 0 bridgehead atoms. The summed E-state index contributed by atoms with van der Waals surface area (Å²) in [6.07, 6.45) is 8.49. The van der Waals surface area contributed by atoms with Crippen molar-refractivity contribution < 1.29 is 0 Å². The highest BCUT2D eigenvalue weighted by Crippen LogP contribution is 2.03. The lowest BCUT2D eigenvalue weighted by Crippen LogP contribution is -2.05. The summed E-state index contributed by atoms with van der Waals surface area (Å²) >= 11 is 0. The van der Waals surface area contributed by atoms with Gasteiger partial charge in [-0.1, -0.05) is 52.4 Å². The zero-order chi connectivity index (χ0) is 13.1. The van der Waals surface area contributed by atoms with Crippen LogP contribution in [0.4, 0.5) is 17.8 Å². The molecule has 0 radical (unpaired) electrons. The lowest BCUT2D eigenvalue weighted by atomic mass is 10.1. The molecule has 0 unspecified atom stereocenters. The molecule has 0 saturated carbocycles. The Balaban J connectivity index is 0.000000304. The maximum atomic E-state index is 5.14. The number of aromatic nitrogens is 3. The second kappa shape index (κ2) is 9.62. The fraction of sp³-hybridized carbons (Fsp3) is 0.727. The third kappa shape index (κ3) is 9.35. The molecule has 6 nitrogen and oxygen atoms in total. The molecular formula is C11H24N6. The van der Waals surface area contributed by atoms with Gasteiger partial charge < -0.3 is 17.2 Å². The molecule has 6 heteroatoms. The van der Waals surface area contributed by atoms with E-state index in [1.54, 1.807) is 0 Å². The summed E-state index contributed by atoms with van der Waals surface area (Å²) in [5.74, 6) is 0.125. The van der Waals surface area contributed by atoms with E-state index in [2.05, 4.69) is 28.8 Å². The lowest BCUT2D eigenvalue weighted by molar-refractivity contribution is 0.624. The average Bonchev–Trinajstić information content (AvgIpc) is 2.23. The minimum atomic E-state index is 0.0417. The number of nitrogens with two attached hydrogens (primary N) is 3. The molecule has 98 valence electrons. The van der Waals surface area contributed by atoms with Crippen molar-refractivity contribution in [1.82, 2.24) is 15.0 Å². The lowest BCUT2D eigenvalue weighted by Gasteiger charge is -1.93. The van der Waals surface area contributed by atoms with E-state index < -0.39 is 0 Å². The van der Waals surface area contributed by atoms with E-state index in [0.717, 1.165) is 0 Å². The molecule has 1 heterocycles. The first-order valence-electron chi connectivity index (χ1n) is 6.12. The summed E-state index contributed by atoms with van der Waals surface area (Å²) in [7, 11) is 0. The molecule has 0 aliphatic carbocycles. The van der Waals surface area contributed by atoms with Crippen LogP contribution in [0.15, 0.2) is 0 Å². The fourth-order valence-electron chi connectivity index (χ4n) is 1.28. The number of nitrogen functional groups attached to an aromatic ring is 3. The predicted octanol–water partition coefficient (Wildman–Crippen LogP) is 1.98. The van der Waals surface area contributed by atoms with Crippen LogP contribution in [0.1, 0.15) is 52.4 Å². The van der Waals surface area contributed by atoms with Crippen molar-refractivity contribution >= 4 is 17.8 Å². The zero-order valence-corrected chi connectivity index (χ0v) is 10.8. The van der Waals surface area contributed by atoms with Crippen molar-refractivity contribution in [2.24, 2.45) is 0 Å². The Hall–Kier alpha value is -1.59. The van der Waals surface area contributed by atoms with Crippen molar-refractivity contribution in [1.29, 1.82) is 0 Å². The highest BCUT2D eigenvalue weighted by Gasteiger charge is 1.93. The van der Waals surface area contributed by atoms with E-state index >= 15 is 0 Å². The van der Waals surface area contributed by atoms with Crippen LogP contribution in [0.25, 0.3) is 0 Å². The number of hydrogen-bond acceptors (Lipinski definition) is 6. The number of anilines is 3. The van der Waals surface area contributed by atoms with Crippen molar-refractivity contribution in [3.63, 3.8) is 0 Å². The molecule has 0 aromatic carbocycles. The number of unbranched alkanes of at least 4 members (excludes halogenated alkanes) is 5. The van der Waals surface area contributed by atoms with Crippen LogP contribution in [0.5, 0.6) is 0 Å². The molecule has 0 aliphatic heterocycles. The van der Waals surface area contributed by atoms with Gasteiger partial charge in [0.15, 0.2) is 0 Å². The highest BCUT2D eigenvalue weighted by molar-refractivity contribution is 5.33. The molecule has 17 heavy (non-hydrogen) atoms. The van der Waals surface area contributed by atoms with Gasteiger partial charge in [0.25, 0.3) is 0 Å². The number of rotatable bonds is 5. The number of hydrogen-bond donors (Lipinski definition) is 3. The number of nitrogens with zero attached hydrogens (tertiary/aromatic N) is 3. The molecule has 0 amide bonds. The molecule has 0 atom stereocenters. The molecule has 0 fully saturated rings. The Morgan fingerprint density at radius 3 is 1.18 bits per heavy atom. The quantitative estimate of drug-likeness (QED) is 0.677. The fourth-order valence-corrected chi connectivity index (χ4v) is 1.28. The summed E-state index contributed by atoms with van der Waals surface area (Å²) in [5, 5.41) is 0. The van der Waals surface area contributed by atoms with Gasteiger partial charge in [0.1, 0.15) is 0 Å². The van der Waals surface area contributed by atoms with Gasteiger partial charge in [-0.2, -0.15) is 15.0 Å². The summed E-state index contributed by atoms with van der Waals surface area (Å²) in [5.41, 5.74) is 15.4. The van der Waals surface area contributed by atoms with E-state index in [4.69, 9.17) is 17.2 Å². The van der Waals surface area contributed by atoms with Crippen molar-refractivity contribution in [3.8, 4) is 0 Å². The Morgan fingerprint density at radius 2 is 0.941 bits per heavy atom. The monoisotopic (exact) mass is 240 g/mol. The van der Waals surface area contributed by atoms with Crippen molar-refractivity contribution in [3.05, 3.63) is 0 Å². The Labute approximate surface area is 103 Å². The van der Waals surface area contributed by atoms with Crippen LogP contribution in [-0.2, 0) is 0 Å². The first-order chi connectivity index (χ1) is 8.10. The molecule has 1 rings (SSSR count).